The Morgan fingerprint density at radius 1 is 1.40 bits per heavy atom. The molecule has 104 valence electrons. The molecule has 3 nitrogen and oxygen atoms in total. The minimum atomic E-state index is 0.103. The highest BCUT2D eigenvalue weighted by Gasteiger charge is 2.33. The molecule has 0 radical (unpaired) electrons. The molecule has 0 aliphatic carbocycles. The van der Waals surface area contributed by atoms with Gasteiger partial charge in [-0.05, 0) is 37.9 Å². The van der Waals surface area contributed by atoms with E-state index in [0.29, 0.717) is 22.0 Å². The van der Waals surface area contributed by atoms with Crippen molar-refractivity contribution in [2.75, 3.05) is 6.54 Å². The molecule has 2 aliphatic heterocycles. The second-order valence-electron chi connectivity index (χ2n) is 5.87. The first-order valence-corrected chi connectivity index (χ1v) is 7.50. The normalized spacial score (nSPS) is 22.0. The Morgan fingerprint density at radius 2 is 2.25 bits per heavy atom. The molecule has 0 spiro atoms. The van der Waals surface area contributed by atoms with E-state index in [1.54, 1.807) is 6.07 Å². The van der Waals surface area contributed by atoms with Crippen molar-refractivity contribution in [2.45, 2.75) is 38.8 Å². The summed E-state index contributed by atoms with van der Waals surface area (Å²) in [6.07, 6.45) is 3.25. The predicted molar refractivity (Wildman–Crippen MR) is 79.4 cm³/mol. The van der Waals surface area contributed by atoms with Crippen LogP contribution in [0.2, 0.25) is 5.02 Å². The number of nitrogens with zero attached hydrogens (tertiary/aromatic N) is 1. The second-order valence-corrected chi connectivity index (χ2v) is 6.28. The smallest absolute Gasteiger partial charge is 0.197 e. The Morgan fingerprint density at radius 3 is 3.10 bits per heavy atom. The molecule has 2 aromatic rings. The summed E-state index contributed by atoms with van der Waals surface area (Å²) in [6, 6.07) is 4.22. The largest absolute Gasteiger partial charge is 0.459 e. The number of hydrogen-bond acceptors (Lipinski definition) is 3. The van der Waals surface area contributed by atoms with Gasteiger partial charge in [0, 0.05) is 19.0 Å². The van der Waals surface area contributed by atoms with E-state index in [2.05, 4.69) is 4.90 Å². The molecular weight excluding hydrogens is 274 g/mol. The fourth-order valence-electron chi connectivity index (χ4n) is 3.58. The molecule has 1 aromatic carbocycles. The summed E-state index contributed by atoms with van der Waals surface area (Å²) in [6.45, 7) is 3.75. The summed E-state index contributed by atoms with van der Waals surface area (Å²) in [4.78, 5) is 15.2. The van der Waals surface area contributed by atoms with Crippen LogP contribution in [0.25, 0.3) is 11.0 Å². The average Bonchev–Trinajstić information content (AvgIpc) is 2.88. The molecule has 1 aromatic heterocycles. The molecule has 0 amide bonds. The van der Waals surface area contributed by atoms with Crippen molar-refractivity contribution < 1.29 is 4.42 Å². The molecule has 1 unspecified atom stereocenters. The summed E-state index contributed by atoms with van der Waals surface area (Å²) < 4.78 is 6.03. The topological polar surface area (TPSA) is 33.5 Å². The third kappa shape index (κ3) is 1.66. The molecule has 4 heteroatoms. The highest BCUT2D eigenvalue weighted by molar-refractivity contribution is 6.34. The van der Waals surface area contributed by atoms with Crippen LogP contribution in [0.15, 0.2) is 21.3 Å². The molecule has 1 fully saturated rings. The lowest BCUT2D eigenvalue weighted by atomic mass is 9.98. The van der Waals surface area contributed by atoms with Gasteiger partial charge in [-0.3, -0.25) is 9.69 Å². The Hall–Kier alpha value is -1.32. The predicted octanol–water partition coefficient (Wildman–Crippen LogP) is 3.28. The highest BCUT2D eigenvalue weighted by Crippen LogP contribution is 2.32. The summed E-state index contributed by atoms with van der Waals surface area (Å²) in [5.41, 5.74) is 2.43. The van der Waals surface area contributed by atoms with Gasteiger partial charge in [0.05, 0.1) is 16.0 Å². The fourth-order valence-corrected chi connectivity index (χ4v) is 3.77. The Labute approximate surface area is 122 Å². The summed E-state index contributed by atoms with van der Waals surface area (Å²) in [5.74, 6) is 0.846. The van der Waals surface area contributed by atoms with Crippen LogP contribution < -0.4 is 5.43 Å². The minimum Gasteiger partial charge on any atom is -0.459 e. The SMILES string of the molecule is Cc1ccc(Cl)c2oc3c(c(=O)c12)CN1CCCC1C3. The summed E-state index contributed by atoms with van der Waals surface area (Å²) in [7, 11) is 0. The molecular formula is C16H16ClNO2. The quantitative estimate of drug-likeness (QED) is 0.746. The van der Waals surface area contributed by atoms with E-state index in [4.69, 9.17) is 16.0 Å². The third-order valence-corrected chi connectivity index (χ3v) is 4.96. The standard InChI is InChI=1S/C16H16ClNO2/c1-9-4-5-12(17)16-14(9)15(19)11-8-18-6-2-3-10(18)7-13(11)20-16/h4-5,10H,2-3,6-8H2,1H3. The van der Waals surface area contributed by atoms with Gasteiger partial charge in [0.25, 0.3) is 0 Å². The van der Waals surface area contributed by atoms with Crippen molar-refractivity contribution in [1.29, 1.82) is 0 Å². The summed E-state index contributed by atoms with van der Waals surface area (Å²) >= 11 is 6.21. The van der Waals surface area contributed by atoms with Gasteiger partial charge in [0.2, 0.25) is 0 Å². The lowest BCUT2D eigenvalue weighted by molar-refractivity contribution is 0.211. The van der Waals surface area contributed by atoms with Crippen LogP contribution in [0.4, 0.5) is 0 Å². The van der Waals surface area contributed by atoms with Crippen LogP contribution in [0.3, 0.4) is 0 Å². The van der Waals surface area contributed by atoms with E-state index in [9.17, 15) is 4.79 Å². The Bertz CT molecular complexity index is 765. The van der Waals surface area contributed by atoms with Crippen LogP contribution in [0, 0.1) is 6.92 Å². The first kappa shape index (κ1) is 12.4. The molecule has 4 rings (SSSR count). The number of hydrogen-bond donors (Lipinski definition) is 0. The van der Waals surface area contributed by atoms with E-state index >= 15 is 0 Å². The van der Waals surface area contributed by atoms with Crippen molar-refractivity contribution in [1.82, 2.24) is 4.90 Å². The van der Waals surface area contributed by atoms with Gasteiger partial charge >= 0.3 is 0 Å². The van der Waals surface area contributed by atoms with Crippen LogP contribution in [-0.4, -0.2) is 17.5 Å². The maximum atomic E-state index is 12.8. The zero-order valence-corrected chi connectivity index (χ0v) is 12.2. The van der Waals surface area contributed by atoms with Crippen molar-refractivity contribution >= 4 is 22.6 Å². The van der Waals surface area contributed by atoms with Gasteiger partial charge in [-0.25, -0.2) is 0 Å². The zero-order chi connectivity index (χ0) is 13.9. The molecule has 0 N–H and O–H groups in total. The van der Waals surface area contributed by atoms with E-state index in [-0.39, 0.29) is 5.43 Å². The van der Waals surface area contributed by atoms with Crippen LogP contribution in [0.1, 0.15) is 29.7 Å². The second kappa shape index (κ2) is 4.34. The van der Waals surface area contributed by atoms with Gasteiger partial charge in [-0.1, -0.05) is 17.7 Å². The van der Waals surface area contributed by atoms with Crippen LogP contribution >= 0.6 is 11.6 Å². The van der Waals surface area contributed by atoms with Gasteiger partial charge in [0.1, 0.15) is 5.76 Å². The van der Waals surface area contributed by atoms with Gasteiger partial charge in [0.15, 0.2) is 11.0 Å². The van der Waals surface area contributed by atoms with Crippen molar-refractivity contribution in [2.24, 2.45) is 0 Å². The number of fused-ring (bicyclic) bond motifs is 3. The van der Waals surface area contributed by atoms with Crippen molar-refractivity contribution in [3.8, 4) is 0 Å². The number of halogens is 1. The van der Waals surface area contributed by atoms with Crippen molar-refractivity contribution in [3.05, 3.63) is 44.3 Å². The van der Waals surface area contributed by atoms with Crippen molar-refractivity contribution in [3.63, 3.8) is 0 Å². The lowest BCUT2D eigenvalue weighted by Gasteiger charge is -2.30. The number of rotatable bonds is 0. The summed E-state index contributed by atoms with van der Waals surface area (Å²) in [5, 5.41) is 1.17. The molecule has 1 saturated heterocycles. The van der Waals surface area contributed by atoms with E-state index in [1.807, 2.05) is 13.0 Å². The molecule has 2 aliphatic rings. The molecule has 20 heavy (non-hydrogen) atoms. The van der Waals surface area contributed by atoms with Gasteiger partial charge < -0.3 is 4.42 Å². The Balaban J connectivity index is 2.01. The van der Waals surface area contributed by atoms with E-state index in [1.165, 1.54) is 12.8 Å². The van der Waals surface area contributed by atoms with E-state index < -0.39 is 0 Å². The first-order valence-electron chi connectivity index (χ1n) is 7.13. The molecule has 1 atom stereocenters. The first-order chi connectivity index (χ1) is 9.65. The average molecular weight is 290 g/mol. The number of benzene rings is 1. The number of aryl methyl sites for hydroxylation is 1. The highest BCUT2D eigenvalue weighted by atomic mass is 35.5. The monoisotopic (exact) mass is 289 g/mol. The maximum absolute atomic E-state index is 12.8. The van der Waals surface area contributed by atoms with Crippen LogP contribution in [-0.2, 0) is 13.0 Å². The lowest BCUT2D eigenvalue weighted by Crippen LogP contribution is -2.38. The minimum absolute atomic E-state index is 0.103. The Kier molecular flexibility index (Phi) is 2.69. The maximum Gasteiger partial charge on any atom is 0.197 e. The zero-order valence-electron chi connectivity index (χ0n) is 11.4. The van der Waals surface area contributed by atoms with Gasteiger partial charge in [-0.2, -0.15) is 0 Å². The molecule has 0 saturated carbocycles. The third-order valence-electron chi connectivity index (χ3n) is 4.66. The van der Waals surface area contributed by atoms with E-state index in [0.717, 1.165) is 36.4 Å². The van der Waals surface area contributed by atoms with Crippen LogP contribution in [0.5, 0.6) is 0 Å². The fraction of sp³-hybridized carbons (Fsp3) is 0.438. The molecule has 0 bridgehead atoms. The van der Waals surface area contributed by atoms with Gasteiger partial charge in [-0.15, -0.1) is 0 Å². The molecule has 3 heterocycles.